The van der Waals surface area contributed by atoms with Crippen LogP contribution in [0.1, 0.15) is 5.56 Å². The van der Waals surface area contributed by atoms with Gasteiger partial charge in [0.2, 0.25) is 11.5 Å². The molecule has 0 unspecified atom stereocenters. The van der Waals surface area contributed by atoms with E-state index in [0.29, 0.717) is 10.0 Å². The number of hydrogen-bond donors (Lipinski definition) is 1. The van der Waals surface area contributed by atoms with Gasteiger partial charge < -0.3 is 14.6 Å². The van der Waals surface area contributed by atoms with Crippen LogP contribution in [0.15, 0.2) is 39.7 Å². The van der Waals surface area contributed by atoms with Crippen molar-refractivity contribution in [3.05, 3.63) is 55.4 Å². The van der Waals surface area contributed by atoms with Crippen LogP contribution in [0.2, 0.25) is 0 Å². The molecular formula is C18H13BrN2O7S. The number of para-hydroxylation sites is 1. The highest BCUT2D eigenvalue weighted by Crippen LogP contribution is 2.43. The zero-order valence-electron chi connectivity index (χ0n) is 15.0. The molecule has 9 nitrogen and oxygen atoms in total. The lowest BCUT2D eigenvalue weighted by Gasteiger charge is -2.12. The largest absolute Gasteiger partial charge is 0.504 e. The van der Waals surface area contributed by atoms with Crippen LogP contribution in [0.5, 0.6) is 23.0 Å². The van der Waals surface area contributed by atoms with E-state index >= 15 is 0 Å². The number of carbonyl (C=O) groups is 2. The fourth-order valence-electron chi connectivity index (χ4n) is 2.49. The van der Waals surface area contributed by atoms with E-state index in [1.54, 1.807) is 0 Å². The summed E-state index contributed by atoms with van der Waals surface area (Å²) in [6.07, 6.45) is 1.46. The number of amides is 2. The Balaban J connectivity index is 2.03. The van der Waals surface area contributed by atoms with Gasteiger partial charge in [-0.1, -0.05) is 22.0 Å². The number of likely N-dealkylation sites (N-methyl/N-ethyl adjacent to an activating group) is 1. The molecule has 1 saturated heterocycles. The van der Waals surface area contributed by atoms with Crippen LogP contribution in [0.25, 0.3) is 6.08 Å². The molecule has 11 heteroatoms. The number of benzene rings is 2. The summed E-state index contributed by atoms with van der Waals surface area (Å²) in [5, 5.41) is 21.2. The maximum Gasteiger partial charge on any atom is 0.352 e. The van der Waals surface area contributed by atoms with Crippen LogP contribution in [-0.4, -0.2) is 40.2 Å². The molecule has 0 radical (unpaired) electrons. The Bertz CT molecular complexity index is 1070. The van der Waals surface area contributed by atoms with Gasteiger partial charge in [-0.3, -0.25) is 24.6 Å². The maximum absolute atomic E-state index is 12.1. The first-order valence-corrected chi connectivity index (χ1v) is 9.57. The molecule has 1 heterocycles. The molecule has 2 amide bonds. The van der Waals surface area contributed by atoms with E-state index in [9.17, 15) is 24.8 Å². The first-order valence-electron chi connectivity index (χ1n) is 7.96. The number of hydrogen-bond acceptors (Lipinski definition) is 8. The summed E-state index contributed by atoms with van der Waals surface area (Å²) in [5.74, 6) is -0.945. The van der Waals surface area contributed by atoms with E-state index in [4.69, 9.17) is 9.47 Å². The highest BCUT2D eigenvalue weighted by Gasteiger charge is 2.32. The molecule has 2 aromatic carbocycles. The molecule has 1 aliphatic heterocycles. The van der Waals surface area contributed by atoms with Gasteiger partial charge in [0.15, 0.2) is 11.5 Å². The van der Waals surface area contributed by atoms with Crippen LogP contribution in [0.4, 0.5) is 10.5 Å². The molecule has 0 aliphatic carbocycles. The third kappa shape index (κ3) is 4.05. The van der Waals surface area contributed by atoms with E-state index in [1.165, 1.54) is 50.6 Å². The summed E-state index contributed by atoms with van der Waals surface area (Å²) < 4.78 is 11.0. The summed E-state index contributed by atoms with van der Waals surface area (Å²) in [7, 11) is 2.67. The van der Waals surface area contributed by atoms with Crippen LogP contribution in [0.3, 0.4) is 0 Å². The minimum atomic E-state index is -0.651. The molecular weight excluding hydrogens is 468 g/mol. The van der Waals surface area contributed by atoms with Crippen molar-refractivity contribution in [2.24, 2.45) is 0 Å². The smallest absolute Gasteiger partial charge is 0.352 e. The maximum atomic E-state index is 12.1. The molecule has 1 aliphatic rings. The predicted molar refractivity (Wildman–Crippen MR) is 109 cm³/mol. The van der Waals surface area contributed by atoms with Gasteiger partial charge in [0, 0.05) is 11.5 Å². The second kappa shape index (κ2) is 8.13. The molecule has 1 fully saturated rings. The lowest BCUT2D eigenvalue weighted by atomic mass is 10.1. The molecule has 0 atom stereocenters. The summed E-state index contributed by atoms with van der Waals surface area (Å²) in [6, 6.07) is 7.01. The Morgan fingerprint density at radius 3 is 2.52 bits per heavy atom. The number of phenolic OH excluding ortho intramolecular Hbond substituents is 1. The normalized spacial score (nSPS) is 15.1. The first-order chi connectivity index (χ1) is 13.7. The molecule has 29 heavy (non-hydrogen) atoms. The van der Waals surface area contributed by atoms with Crippen molar-refractivity contribution < 1.29 is 29.1 Å². The van der Waals surface area contributed by atoms with Gasteiger partial charge in [0.1, 0.15) is 0 Å². The Kier molecular flexibility index (Phi) is 5.80. The minimum Gasteiger partial charge on any atom is -0.504 e. The van der Waals surface area contributed by atoms with E-state index in [2.05, 4.69) is 15.9 Å². The zero-order valence-corrected chi connectivity index (χ0v) is 17.4. The van der Waals surface area contributed by atoms with E-state index < -0.39 is 21.8 Å². The average Bonchev–Trinajstić information content (AvgIpc) is 2.91. The Morgan fingerprint density at radius 1 is 1.24 bits per heavy atom. The van der Waals surface area contributed by atoms with Crippen molar-refractivity contribution in [3.63, 3.8) is 0 Å². The van der Waals surface area contributed by atoms with Crippen molar-refractivity contribution in [2.75, 3.05) is 14.2 Å². The van der Waals surface area contributed by atoms with Crippen molar-refractivity contribution in [1.82, 2.24) is 4.90 Å². The van der Waals surface area contributed by atoms with Crippen LogP contribution >= 0.6 is 27.7 Å². The van der Waals surface area contributed by atoms with Crippen molar-refractivity contribution in [3.8, 4) is 23.0 Å². The number of methoxy groups -OCH3 is 1. The number of nitrogens with zero attached hydrogens (tertiary/aromatic N) is 2. The van der Waals surface area contributed by atoms with Gasteiger partial charge in [0.05, 0.1) is 16.9 Å². The number of nitro groups is 1. The minimum absolute atomic E-state index is 0.000875. The number of rotatable bonds is 5. The molecule has 0 bridgehead atoms. The predicted octanol–water partition coefficient (Wildman–Crippen LogP) is 4.53. The van der Waals surface area contributed by atoms with Gasteiger partial charge in [0.25, 0.3) is 11.1 Å². The van der Waals surface area contributed by atoms with E-state index in [-0.39, 0.29) is 27.9 Å². The van der Waals surface area contributed by atoms with Gasteiger partial charge in [-0.25, -0.2) is 0 Å². The Labute approximate surface area is 177 Å². The molecule has 150 valence electrons. The van der Waals surface area contributed by atoms with E-state index in [0.717, 1.165) is 16.7 Å². The lowest BCUT2D eigenvalue weighted by molar-refractivity contribution is -0.386. The second-order valence-electron chi connectivity index (χ2n) is 5.75. The Morgan fingerprint density at radius 2 is 1.93 bits per heavy atom. The lowest BCUT2D eigenvalue weighted by Crippen LogP contribution is -2.22. The number of nitro benzene ring substituents is 1. The third-order valence-corrected chi connectivity index (χ3v) is 5.58. The molecule has 3 rings (SSSR count). The van der Waals surface area contributed by atoms with Gasteiger partial charge in [-0.15, -0.1) is 0 Å². The summed E-state index contributed by atoms with van der Waals surface area (Å²) >= 11 is 4.06. The number of carbonyl (C=O) groups excluding carboxylic acids is 2. The number of phenols is 1. The highest BCUT2D eigenvalue weighted by molar-refractivity contribution is 9.10. The summed E-state index contributed by atoms with van der Waals surface area (Å²) in [4.78, 5) is 35.7. The van der Waals surface area contributed by atoms with Gasteiger partial charge in [-0.2, -0.15) is 0 Å². The number of thioether (sulfide) groups is 1. The SMILES string of the molecule is COc1cccc(Oc2cc(/C=C3\SC(=O)N(C)C3=O)c(Br)cc2O)c1[N+](=O)[O-]. The van der Waals surface area contributed by atoms with Crippen molar-refractivity contribution >= 4 is 50.6 Å². The summed E-state index contributed by atoms with van der Waals surface area (Å²) in [6.45, 7) is 0. The van der Waals surface area contributed by atoms with Crippen molar-refractivity contribution in [2.45, 2.75) is 0 Å². The average molecular weight is 481 g/mol. The monoisotopic (exact) mass is 480 g/mol. The highest BCUT2D eigenvalue weighted by atomic mass is 79.9. The molecule has 0 saturated carbocycles. The Hall–Kier alpha value is -3.05. The van der Waals surface area contributed by atoms with Crippen LogP contribution in [0, 0.1) is 10.1 Å². The summed E-state index contributed by atoms with van der Waals surface area (Å²) in [5.41, 5.74) is 0.0354. The molecule has 0 aromatic heterocycles. The zero-order chi connectivity index (χ0) is 21.3. The quantitative estimate of drug-likeness (QED) is 0.376. The number of aromatic hydroxyl groups is 1. The first kappa shape index (κ1) is 20.7. The number of imide groups is 1. The van der Waals surface area contributed by atoms with Gasteiger partial charge in [-0.05, 0) is 47.7 Å². The molecule has 1 N–H and O–H groups in total. The standard InChI is InChI=1S/C18H13BrN2O7S/c1-20-17(23)15(29-18(20)24)7-9-6-14(11(22)8-10(9)19)28-13-5-3-4-12(27-2)16(13)21(25)26/h3-8,22H,1-2H3/b15-7-. The number of ether oxygens (including phenoxy) is 2. The molecule has 0 spiro atoms. The fourth-order valence-corrected chi connectivity index (χ4v) is 3.75. The van der Waals surface area contributed by atoms with E-state index in [1.807, 2.05) is 0 Å². The second-order valence-corrected chi connectivity index (χ2v) is 7.60. The topological polar surface area (TPSA) is 119 Å². The molecule has 2 aromatic rings. The fraction of sp³-hybridized carbons (Fsp3) is 0.111. The van der Waals surface area contributed by atoms with Crippen LogP contribution in [-0.2, 0) is 4.79 Å². The van der Waals surface area contributed by atoms with Gasteiger partial charge >= 0.3 is 5.69 Å². The number of halogens is 1. The van der Waals surface area contributed by atoms with Crippen LogP contribution < -0.4 is 9.47 Å². The third-order valence-electron chi connectivity index (χ3n) is 3.94. The van der Waals surface area contributed by atoms with Crippen molar-refractivity contribution in [1.29, 1.82) is 0 Å².